The van der Waals surface area contributed by atoms with E-state index in [0.29, 0.717) is 59.1 Å². The molecule has 2 fully saturated rings. The SMILES string of the molecule is C[C@@H](c1ccc(Cl)cc1)n1cnc(-c2ccccc2)c1-c1c(C(=O)Nc2cccnc2N2CCC(NC(=O)C3CCOCC3)CC2)[nH]c2cc(Cl)ccc12. The number of nitrogens with one attached hydrogen (secondary N) is 3. The summed E-state index contributed by atoms with van der Waals surface area (Å²) >= 11 is 12.8. The van der Waals surface area contributed by atoms with Crippen LogP contribution in [0.5, 0.6) is 0 Å². The molecule has 1 atom stereocenters. The van der Waals surface area contributed by atoms with Crippen LogP contribution in [0.25, 0.3) is 33.4 Å². The van der Waals surface area contributed by atoms with E-state index >= 15 is 0 Å². The van der Waals surface area contributed by atoms with Crippen molar-refractivity contribution < 1.29 is 14.3 Å². The molecule has 10 nitrogen and oxygen atoms in total. The summed E-state index contributed by atoms with van der Waals surface area (Å²) in [6.07, 6.45) is 6.67. The predicted molar refractivity (Wildman–Crippen MR) is 214 cm³/mol. The highest BCUT2D eigenvalue weighted by molar-refractivity contribution is 6.31. The van der Waals surface area contributed by atoms with Crippen LogP contribution < -0.4 is 15.5 Å². The largest absolute Gasteiger partial charge is 0.381 e. The van der Waals surface area contributed by atoms with Gasteiger partial charge >= 0.3 is 0 Å². The van der Waals surface area contributed by atoms with Crippen molar-refractivity contribution in [2.45, 2.75) is 44.7 Å². The minimum absolute atomic E-state index is 0.0167. The number of anilines is 2. The molecule has 6 aromatic rings. The van der Waals surface area contributed by atoms with Gasteiger partial charge in [-0.05, 0) is 74.6 Å². The lowest BCUT2D eigenvalue weighted by Crippen LogP contribution is -2.47. The van der Waals surface area contributed by atoms with E-state index in [2.05, 4.69) is 32.0 Å². The van der Waals surface area contributed by atoms with Crippen molar-refractivity contribution in [3.8, 4) is 22.5 Å². The number of imidazole rings is 1. The summed E-state index contributed by atoms with van der Waals surface area (Å²) in [5, 5.41) is 8.52. The highest BCUT2D eigenvalue weighted by atomic mass is 35.5. The number of hydrogen-bond donors (Lipinski definition) is 3. The number of rotatable bonds is 9. The number of aromatic nitrogens is 4. The van der Waals surface area contributed by atoms with Crippen LogP contribution in [0.2, 0.25) is 10.0 Å². The lowest BCUT2D eigenvalue weighted by molar-refractivity contribution is -0.128. The van der Waals surface area contributed by atoms with E-state index in [1.165, 1.54) is 0 Å². The van der Waals surface area contributed by atoms with Crippen molar-refractivity contribution >= 4 is 57.4 Å². The van der Waals surface area contributed by atoms with Gasteiger partial charge in [-0.2, -0.15) is 0 Å². The molecule has 276 valence electrons. The fourth-order valence-electron chi connectivity index (χ4n) is 7.64. The first kappa shape index (κ1) is 35.8. The number of carbonyl (C=O) groups excluding carboxylic acids is 2. The van der Waals surface area contributed by atoms with Gasteiger partial charge in [0, 0.05) is 76.5 Å². The molecule has 5 heterocycles. The van der Waals surface area contributed by atoms with Gasteiger partial charge in [-0.15, -0.1) is 0 Å². The molecule has 12 heteroatoms. The molecule has 2 amide bonds. The maximum absolute atomic E-state index is 14.7. The van der Waals surface area contributed by atoms with Crippen LogP contribution in [0.4, 0.5) is 11.5 Å². The van der Waals surface area contributed by atoms with E-state index in [9.17, 15) is 9.59 Å². The number of piperidine rings is 1. The molecule has 0 bridgehead atoms. The molecule has 54 heavy (non-hydrogen) atoms. The fourth-order valence-corrected chi connectivity index (χ4v) is 7.94. The summed E-state index contributed by atoms with van der Waals surface area (Å²) in [7, 11) is 0. The van der Waals surface area contributed by atoms with Crippen molar-refractivity contribution in [1.29, 1.82) is 0 Å². The number of ether oxygens (including phenoxy) is 1. The minimum atomic E-state index is -0.323. The minimum Gasteiger partial charge on any atom is -0.381 e. The summed E-state index contributed by atoms with van der Waals surface area (Å²) in [5.74, 6) is 0.503. The maximum atomic E-state index is 14.7. The van der Waals surface area contributed by atoms with Gasteiger partial charge in [0.2, 0.25) is 5.91 Å². The highest BCUT2D eigenvalue weighted by Gasteiger charge is 2.30. The van der Waals surface area contributed by atoms with E-state index in [1.807, 2.05) is 91.3 Å². The van der Waals surface area contributed by atoms with Crippen molar-refractivity contribution in [3.05, 3.63) is 119 Å². The Balaban J connectivity index is 1.13. The molecule has 3 aromatic carbocycles. The number of hydrogen-bond acceptors (Lipinski definition) is 6. The van der Waals surface area contributed by atoms with Crippen LogP contribution in [0.3, 0.4) is 0 Å². The second-order valence-corrected chi connectivity index (χ2v) is 14.9. The summed E-state index contributed by atoms with van der Waals surface area (Å²) in [6, 6.07) is 27.0. The number of carbonyl (C=O) groups is 2. The smallest absolute Gasteiger partial charge is 0.272 e. The lowest BCUT2D eigenvalue weighted by atomic mass is 9.97. The molecule has 0 spiro atoms. The molecule has 3 aromatic heterocycles. The van der Waals surface area contributed by atoms with Crippen LogP contribution in [-0.2, 0) is 9.53 Å². The van der Waals surface area contributed by atoms with Gasteiger partial charge in [-0.3, -0.25) is 9.59 Å². The number of amides is 2. The molecule has 8 rings (SSSR count). The molecule has 0 radical (unpaired) electrons. The summed E-state index contributed by atoms with van der Waals surface area (Å²) in [4.78, 5) is 42.8. The standard InChI is InChI=1S/C42H41Cl2N7O3/c1-26(27-9-11-30(43)12-10-27)51-25-46-37(28-6-3-2-4-7-28)39(51)36-33-14-13-31(44)24-35(33)48-38(36)42(53)49-34-8-5-19-45-40(34)50-20-15-32(16-21-50)47-41(52)29-17-22-54-23-18-29/h2-14,19,24-26,29,32,48H,15-18,20-23H2,1H3,(H,47,52)(H,49,53)/t26-/m0/s1. The van der Waals surface area contributed by atoms with Crippen LogP contribution >= 0.6 is 23.2 Å². The summed E-state index contributed by atoms with van der Waals surface area (Å²) < 4.78 is 7.55. The normalized spacial score (nSPS) is 16.0. The van der Waals surface area contributed by atoms with E-state index in [0.717, 1.165) is 59.1 Å². The van der Waals surface area contributed by atoms with Crippen LogP contribution in [0.1, 0.15) is 54.7 Å². The zero-order valence-electron chi connectivity index (χ0n) is 29.9. The molecular formula is C42H41Cl2N7O3. The Bertz CT molecular complexity index is 2270. The highest BCUT2D eigenvalue weighted by Crippen LogP contribution is 2.42. The number of pyridine rings is 1. The number of halogens is 2. The zero-order chi connectivity index (χ0) is 37.2. The Morgan fingerprint density at radius 1 is 0.889 bits per heavy atom. The monoisotopic (exact) mass is 761 g/mol. The van der Waals surface area contributed by atoms with Crippen molar-refractivity contribution in [2.75, 3.05) is 36.5 Å². The third-order valence-electron chi connectivity index (χ3n) is 10.6. The second-order valence-electron chi connectivity index (χ2n) is 14.0. The molecule has 3 N–H and O–H groups in total. The zero-order valence-corrected chi connectivity index (χ0v) is 31.4. The fraction of sp³-hybridized carbons (Fsp3) is 0.286. The third-order valence-corrected chi connectivity index (χ3v) is 11.1. The molecule has 0 aliphatic carbocycles. The number of benzene rings is 3. The Kier molecular flexibility index (Phi) is 10.4. The first-order valence-electron chi connectivity index (χ1n) is 18.4. The van der Waals surface area contributed by atoms with Crippen molar-refractivity contribution in [1.82, 2.24) is 24.8 Å². The average molecular weight is 763 g/mol. The van der Waals surface area contributed by atoms with Gasteiger partial charge < -0.3 is 29.8 Å². The molecule has 2 aliphatic rings. The Labute approximate surface area is 323 Å². The van der Waals surface area contributed by atoms with E-state index in [-0.39, 0.29) is 29.8 Å². The number of fused-ring (bicyclic) bond motifs is 1. The van der Waals surface area contributed by atoms with Crippen LogP contribution in [0.15, 0.2) is 97.5 Å². The van der Waals surface area contributed by atoms with E-state index < -0.39 is 0 Å². The number of nitrogens with zero attached hydrogens (tertiary/aromatic N) is 4. The van der Waals surface area contributed by atoms with Gasteiger partial charge in [0.25, 0.3) is 5.91 Å². The van der Waals surface area contributed by atoms with Gasteiger partial charge in [0.05, 0.1) is 29.4 Å². The van der Waals surface area contributed by atoms with Crippen molar-refractivity contribution in [3.63, 3.8) is 0 Å². The molecular weight excluding hydrogens is 721 g/mol. The Hall–Kier alpha value is -5.16. The Morgan fingerprint density at radius 3 is 2.39 bits per heavy atom. The Morgan fingerprint density at radius 2 is 1.63 bits per heavy atom. The van der Waals surface area contributed by atoms with Crippen LogP contribution in [-0.4, -0.2) is 63.7 Å². The van der Waals surface area contributed by atoms with E-state index in [4.69, 9.17) is 37.9 Å². The maximum Gasteiger partial charge on any atom is 0.272 e. The first-order chi connectivity index (χ1) is 26.3. The second kappa shape index (κ2) is 15.7. The molecule has 0 saturated carbocycles. The number of H-pyrrole nitrogens is 1. The van der Waals surface area contributed by atoms with Gasteiger partial charge in [-0.1, -0.05) is 71.7 Å². The van der Waals surface area contributed by atoms with E-state index in [1.54, 1.807) is 6.20 Å². The van der Waals surface area contributed by atoms with Gasteiger partial charge in [0.15, 0.2) is 5.82 Å². The molecule has 2 aliphatic heterocycles. The van der Waals surface area contributed by atoms with Gasteiger partial charge in [-0.25, -0.2) is 9.97 Å². The number of aromatic amines is 1. The molecule has 0 unspecified atom stereocenters. The summed E-state index contributed by atoms with van der Waals surface area (Å²) in [6.45, 7) is 4.77. The first-order valence-corrected chi connectivity index (χ1v) is 19.2. The van der Waals surface area contributed by atoms with Gasteiger partial charge in [0.1, 0.15) is 5.69 Å². The predicted octanol–water partition coefficient (Wildman–Crippen LogP) is 8.77. The third kappa shape index (κ3) is 7.33. The topological polar surface area (TPSA) is 117 Å². The lowest BCUT2D eigenvalue weighted by Gasteiger charge is -2.35. The quantitative estimate of drug-likeness (QED) is 0.136. The summed E-state index contributed by atoms with van der Waals surface area (Å²) in [5.41, 5.74) is 5.91. The average Bonchev–Trinajstić information content (AvgIpc) is 3.81. The van der Waals surface area contributed by atoms with Crippen LogP contribution in [0, 0.1) is 5.92 Å². The van der Waals surface area contributed by atoms with Crippen molar-refractivity contribution in [2.24, 2.45) is 5.92 Å². The molecule has 2 saturated heterocycles.